The summed E-state index contributed by atoms with van der Waals surface area (Å²) in [6.07, 6.45) is 3.21. The molecule has 0 saturated carbocycles. The first-order valence-electron chi connectivity index (χ1n) is 15.1. The minimum atomic E-state index is -0.653. The molecule has 45 heavy (non-hydrogen) atoms. The van der Waals surface area contributed by atoms with Crippen LogP contribution in [0.25, 0.3) is 6.08 Å². The van der Waals surface area contributed by atoms with Gasteiger partial charge in [0.05, 0.1) is 40.0 Å². The lowest BCUT2D eigenvalue weighted by atomic mass is 9.92. The summed E-state index contributed by atoms with van der Waals surface area (Å²) in [5.41, 5.74) is 4.65. The Morgan fingerprint density at radius 1 is 1.09 bits per heavy atom. The maximum atomic E-state index is 14.2. The largest absolute Gasteiger partial charge is 0.493 e. The van der Waals surface area contributed by atoms with Crippen LogP contribution in [0.2, 0.25) is 0 Å². The van der Waals surface area contributed by atoms with Crippen molar-refractivity contribution in [3.63, 3.8) is 0 Å². The van der Waals surface area contributed by atoms with Crippen LogP contribution in [0.1, 0.15) is 74.8 Å². The number of fused-ring (bicyclic) bond motifs is 1. The second-order valence-corrected chi connectivity index (χ2v) is 12.9. The Labute approximate surface area is 275 Å². The minimum absolute atomic E-state index is 0.228. The molecule has 0 amide bonds. The van der Waals surface area contributed by atoms with Gasteiger partial charge in [-0.3, -0.25) is 9.36 Å². The molecule has 0 unspecified atom stereocenters. The molecule has 0 fully saturated rings. The molecule has 234 valence electrons. The molecular weight excluding hydrogens is 652 g/mol. The molecule has 3 aromatic carbocycles. The number of nitrogens with zero attached hydrogens (tertiary/aromatic N) is 2. The van der Waals surface area contributed by atoms with Crippen LogP contribution in [0.5, 0.6) is 11.5 Å². The van der Waals surface area contributed by atoms with Crippen molar-refractivity contribution >= 4 is 39.3 Å². The van der Waals surface area contributed by atoms with E-state index in [4.69, 9.17) is 19.2 Å². The first-order valence-corrected chi connectivity index (χ1v) is 16.7. The summed E-state index contributed by atoms with van der Waals surface area (Å²) in [6.45, 7) is 8.71. The van der Waals surface area contributed by atoms with Crippen LogP contribution in [0.3, 0.4) is 0 Å². The van der Waals surface area contributed by atoms with Crippen molar-refractivity contribution in [1.29, 1.82) is 0 Å². The highest BCUT2D eigenvalue weighted by Crippen LogP contribution is 2.38. The molecule has 1 aromatic heterocycles. The lowest BCUT2D eigenvalue weighted by Gasteiger charge is -2.26. The van der Waals surface area contributed by atoms with Gasteiger partial charge in [0.1, 0.15) is 6.61 Å². The fourth-order valence-electron chi connectivity index (χ4n) is 5.34. The number of rotatable bonds is 11. The third-order valence-electron chi connectivity index (χ3n) is 7.59. The van der Waals surface area contributed by atoms with Crippen LogP contribution in [-0.2, 0) is 16.1 Å². The van der Waals surface area contributed by atoms with Gasteiger partial charge >= 0.3 is 5.97 Å². The number of allylic oxidation sites excluding steroid dienone is 1. The highest BCUT2D eigenvalue weighted by molar-refractivity contribution is 9.10. The van der Waals surface area contributed by atoms with Crippen molar-refractivity contribution in [3.8, 4) is 11.5 Å². The summed E-state index contributed by atoms with van der Waals surface area (Å²) in [4.78, 5) is 33.0. The van der Waals surface area contributed by atoms with E-state index in [0.29, 0.717) is 55.5 Å². The van der Waals surface area contributed by atoms with E-state index < -0.39 is 12.0 Å². The maximum Gasteiger partial charge on any atom is 0.338 e. The van der Waals surface area contributed by atoms with E-state index in [0.717, 1.165) is 23.1 Å². The SMILES string of the molecule is CCCC1=C(C(=O)OCC)[C@@H](c2ccc(C(C)C)cc2)n2c(s/c(=C\c3cc(Br)c(OCc4ccccc4)c(OC)c3)c2=O)=N1. The number of benzene rings is 3. The average Bonchev–Trinajstić information content (AvgIpc) is 3.34. The van der Waals surface area contributed by atoms with Crippen LogP contribution in [0, 0.1) is 0 Å². The van der Waals surface area contributed by atoms with Gasteiger partial charge in [0.15, 0.2) is 16.3 Å². The molecule has 0 bridgehead atoms. The predicted molar refractivity (Wildman–Crippen MR) is 182 cm³/mol. The van der Waals surface area contributed by atoms with Crippen LogP contribution in [0.15, 0.2) is 92.3 Å². The van der Waals surface area contributed by atoms with Gasteiger partial charge in [-0.05, 0) is 75.7 Å². The molecule has 0 spiro atoms. The topological polar surface area (TPSA) is 79.1 Å². The third kappa shape index (κ3) is 6.99. The number of methoxy groups -OCH3 is 1. The average molecular weight is 690 g/mol. The zero-order chi connectivity index (χ0) is 32.1. The number of aromatic nitrogens is 1. The number of halogens is 1. The number of esters is 1. The molecule has 2 heterocycles. The molecule has 1 aliphatic rings. The van der Waals surface area contributed by atoms with E-state index in [1.54, 1.807) is 18.6 Å². The van der Waals surface area contributed by atoms with Gasteiger partial charge in [0.25, 0.3) is 5.56 Å². The summed E-state index contributed by atoms with van der Waals surface area (Å²) in [5, 5.41) is 0. The lowest BCUT2D eigenvalue weighted by molar-refractivity contribution is -0.139. The minimum Gasteiger partial charge on any atom is -0.493 e. The zero-order valence-corrected chi connectivity index (χ0v) is 28.5. The highest BCUT2D eigenvalue weighted by Gasteiger charge is 2.34. The van der Waals surface area contributed by atoms with Crippen LogP contribution in [0.4, 0.5) is 0 Å². The summed E-state index contributed by atoms with van der Waals surface area (Å²) in [6, 6.07) is 21.1. The second-order valence-electron chi connectivity index (χ2n) is 11.0. The van der Waals surface area contributed by atoms with Crippen molar-refractivity contribution in [1.82, 2.24) is 4.57 Å². The molecule has 4 aromatic rings. The van der Waals surface area contributed by atoms with Gasteiger partial charge in [0.2, 0.25) is 0 Å². The Bertz CT molecular complexity index is 1890. The molecular formula is C36H37BrN2O5S. The van der Waals surface area contributed by atoms with E-state index in [2.05, 4.69) is 41.9 Å². The number of hydrogen-bond donors (Lipinski definition) is 0. The molecule has 0 saturated heterocycles. The molecule has 0 radical (unpaired) electrons. The fourth-order valence-corrected chi connectivity index (χ4v) is 6.94. The Morgan fingerprint density at radius 3 is 2.47 bits per heavy atom. The molecule has 0 N–H and O–H groups in total. The van der Waals surface area contributed by atoms with Crippen molar-refractivity contribution < 1.29 is 19.0 Å². The van der Waals surface area contributed by atoms with Crippen molar-refractivity contribution in [2.45, 2.75) is 59.1 Å². The summed E-state index contributed by atoms with van der Waals surface area (Å²) >= 11 is 4.94. The van der Waals surface area contributed by atoms with Gasteiger partial charge in [-0.2, -0.15) is 0 Å². The van der Waals surface area contributed by atoms with E-state index in [1.807, 2.05) is 67.6 Å². The predicted octanol–water partition coefficient (Wildman–Crippen LogP) is 7.05. The van der Waals surface area contributed by atoms with E-state index in [-0.39, 0.29) is 12.2 Å². The van der Waals surface area contributed by atoms with Gasteiger partial charge in [-0.15, -0.1) is 0 Å². The quantitative estimate of drug-likeness (QED) is 0.158. The Balaban J connectivity index is 1.62. The Morgan fingerprint density at radius 2 is 1.82 bits per heavy atom. The van der Waals surface area contributed by atoms with Gasteiger partial charge in [-0.1, -0.05) is 93.1 Å². The number of carbonyl (C=O) groups is 1. The lowest BCUT2D eigenvalue weighted by Crippen LogP contribution is -2.40. The van der Waals surface area contributed by atoms with Crippen molar-refractivity contribution in [2.24, 2.45) is 4.99 Å². The van der Waals surface area contributed by atoms with E-state index in [1.165, 1.54) is 16.9 Å². The summed E-state index contributed by atoms with van der Waals surface area (Å²) in [7, 11) is 1.59. The monoisotopic (exact) mass is 688 g/mol. The number of hydrogen-bond acceptors (Lipinski definition) is 7. The van der Waals surface area contributed by atoms with E-state index >= 15 is 0 Å². The van der Waals surface area contributed by atoms with E-state index in [9.17, 15) is 9.59 Å². The third-order valence-corrected chi connectivity index (χ3v) is 9.16. The van der Waals surface area contributed by atoms with Crippen LogP contribution in [-0.4, -0.2) is 24.3 Å². The molecule has 1 atom stereocenters. The maximum absolute atomic E-state index is 14.2. The Kier molecular flexibility index (Phi) is 10.4. The molecule has 0 aliphatic carbocycles. The molecule has 1 aliphatic heterocycles. The second kappa shape index (κ2) is 14.4. The van der Waals surface area contributed by atoms with Crippen molar-refractivity contribution in [3.05, 3.63) is 124 Å². The smallest absolute Gasteiger partial charge is 0.338 e. The molecule has 9 heteroatoms. The number of ether oxygens (including phenoxy) is 3. The van der Waals surface area contributed by atoms with Crippen LogP contribution >= 0.6 is 27.3 Å². The first kappa shape index (κ1) is 32.4. The number of carbonyl (C=O) groups excluding carboxylic acids is 1. The summed E-state index contributed by atoms with van der Waals surface area (Å²) in [5.74, 6) is 1.02. The highest BCUT2D eigenvalue weighted by atomic mass is 79.9. The van der Waals surface area contributed by atoms with Crippen LogP contribution < -0.4 is 24.4 Å². The zero-order valence-electron chi connectivity index (χ0n) is 26.1. The summed E-state index contributed by atoms with van der Waals surface area (Å²) < 4.78 is 20.1. The van der Waals surface area contributed by atoms with Crippen molar-refractivity contribution in [2.75, 3.05) is 13.7 Å². The first-order chi connectivity index (χ1) is 21.7. The normalized spacial score (nSPS) is 14.7. The van der Waals surface area contributed by atoms with Gasteiger partial charge in [0, 0.05) is 0 Å². The standard InChI is InChI=1S/C36H37BrN2O5S/c1-6-11-28-31(35(41)43-7-2)32(26-16-14-25(15-17-26)22(3)4)39-34(40)30(45-36(39)38-28)20-24-18-27(37)33(29(19-24)42-5)44-21-23-12-9-8-10-13-23/h8-10,12-20,22,32H,6-7,11,21H2,1-5H3/b30-20-/t32-/m1/s1. The van der Waals surface area contributed by atoms with Gasteiger partial charge in [-0.25, -0.2) is 9.79 Å². The molecule has 7 nitrogen and oxygen atoms in total. The Hall–Kier alpha value is -3.95. The van der Waals surface area contributed by atoms with Gasteiger partial charge < -0.3 is 14.2 Å². The molecule has 5 rings (SSSR count). The fraction of sp³-hybridized carbons (Fsp3) is 0.306. The number of thiazole rings is 1.